The number of morpholine rings is 1. The highest BCUT2D eigenvalue weighted by Crippen LogP contribution is 2.19. The van der Waals surface area contributed by atoms with Gasteiger partial charge < -0.3 is 19.3 Å². The van der Waals surface area contributed by atoms with Crippen molar-refractivity contribution in [1.82, 2.24) is 10.1 Å². The Kier molecular flexibility index (Phi) is 3.57. The number of aliphatic carboxylic acids is 1. The number of aromatic nitrogens is 1. The van der Waals surface area contributed by atoms with Crippen molar-refractivity contribution in [2.75, 3.05) is 19.7 Å². The zero-order chi connectivity index (χ0) is 14.8. The lowest BCUT2D eigenvalue weighted by Gasteiger charge is -2.30. The average molecular weight is 290 g/mol. The second-order valence-corrected chi connectivity index (χ2v) is 4.84. The molecule has 1 N–H and O–H groups in total. The lowest BCUT2D eigenvalue weighted by Crippen LogP contribution is -2.49. The van der Waals surface area contributed by atoms with Gasteiger partial charge in [-0.2, -0.15) is 0 Å². The number of ether oxygens (including phenoxy) is 1. The molecule has 0 aliphatic carbocycles. The minimum absolute atomic E-state index is 0.0595. The van der Waals surface area contributed by atoms with Gasteiger partial charge in [-0.05, 0) is 12.1 Å². The number of amides is 1. The van der Waals surface area contributed by atoms with E-state index in [9.17, 15) is 9.59 Å². The van der Waals surface area contributed by atoms with Gasteiger partial charge in [-0.1, -0.05) is 17.3 Å². The largest absolute Gasteiger partial charge is 0.479 e. The number of carboxylic acids is 1. The highest BCUT2D eigenvalue weighted by molar-refractivity contribution is 5.86. The SMILES string of the molecule is O=C(O)[C@@H]1CN(C(=O)Cc2noc3ccccc23)CCO1. The minimum Gasteiger partial charge on any atom is -0.479 e. The van der Waals surface area contributed by atoms with E-state index in [-0.39, 0.29) is 25.5 Å². The summed E-state index contributed by atoms with van der Waals surface area (Å²) in [5.74, 6) is -1.23. The highest BCUT2D eigenvalue weighted by Gasteiger charge is 2.29. The predicted molar refractivity (Wildman–Crippen MR) is 71.7 cm³/mol. The molecule has 0 unspecified atom stereocenters. The molecule has 7 nitrogen and oxygen atoms in total. The molecule has 0 spiro atoms. The summed E-state index contributed by atoms with van der Waals surface area (Å²) in [6.45, 7) is 0.671. The van der Waals surface area contributed by atoms with E-state index in [4.69, 9.17) is 14.4 Å². The van der Waals surface area contributed by atoms with E-state index < -0.39 is 12.1 Å². The summed E-state index contributed by atoms with van der Waals surface area (Å²) < 4.78 is 10.3. The third-order valence-corrected chi connectivity index (χ3v) is 3.47. The monoisotopic (exact) mass is 290 g/mol. The third-order valence-electron chi connectivity index (χ3n) is 3.47. The second-order valence-electron chi connectivity index (χ2n) is 4.84. The van der Waals surface area contributed by atoms with Crippen molar-refractivity contribution in [3.63, 3.8) is 0 Å². The summed E-state index contributed by atoms with van der Waals surface area (Å²) in [6, 6.07) is 7.31. The van der Waals surface area contributed by atoms with Crippen molar-refractivity contribution in [2.24, 2.45) is 0 Å². The summed E-state index contributed by atoms with van der Waals surface area (Å²) in [5, 5.41) is 13.7. The van der Waals surface area contributed by atoms with Gasteiger partial charge in [0.05, 0.1) is 19.6 Å². The number of rotatable bonds is 3. The normalized spacial score (nSPS) is 18.9. The van der Waals surface area contributed by atoms with Crippen molar-refractivity contribution in [1.29, 1.82) is 0 Å². The number of benzene rings is 1. The molecule has 2 heterocycles. The van der Waals surface area contributed by atoms with Gasteiger partial charge in [-0.25, -0.2) is 4.79 Å². The maximum Gasteiger partial charge on any atom is 0.334 e. The van der Waals surface area contributed by atoms with Crippen LogP contribution in [0.15, 0.2) is 28.8 Å². The first-order valence-electron chi connectivity index (χ1n) is 6.60. The van der Waals surface area contributed by atoms with Crippen LogP contribution < -0.4 is 0 Å². The molecule has 1 aliphatic rings. The first kappa shape index (κ1) is 13.6. The van der Waals surface area contributed by atoms with Crippen LogP contribution in [-0.2, 0) is 20.7 Å². The average Bonchev–Trinajstić information content (AvgIpc) is 2.91. The molecule has 3 rings (SSSR count). The lowest BCUT2D eigenvalue weighted by atomic mass is 10.1. The van der Waals surface area contributed by atoms with E-state index >= 15 is 0 Å². The molecule has 1 amide bonds. The molecule has 1 saturated heterocycles. The van der Waals surface area contributed by atoms with Crippen molar-refractivity contribution >= 4 is 22.8 Å². The Balaban J connectivity index is 1.72. The smallest absolute Gasteiger partial charge is 0.334 e. The maximum atomic E-state index is 12.3. The summed E-state index contributed by atoms with van der Waals surface area (Å²) in [4.78, 5) is 24.7. The van der Waals surface area contributed by atoms with Crippen LogP contribution in [0.25, 0.3) is 11.0 Å². The van der Waals surface area contributed by atoms with Crippen molar-refractivity contribution in [2.45, 2.75) is 12.5 Å². The van der Waals surface area contributed by atoms with E-state index in [0.717, 1.165) is 5.39 Å². The first-order valence-corrected chi connectivity index (χ1v) is 6.60. The topological polar surface area (TPSA) is 92.9 Å². The molecule has 0 bridgehead atoms. The fourth-order valence-corrected chi connectivity index (χ4v) is 2.35. The van der Waals surface area contributed by atoms with E-state index in [2.05, 4.69) is 5.16 Å². The number of hydrogen-bond donors (Lipinski definition) is 1. The minimum atomic E-state index is -1.06. The number of nitrogens with zero attached hydrogens (tertiary/aromatic N) is 2. The van der Waals surface area contributed by atoms with Crippen LogP contribution in [0.1, 0.15) is 5.69 Å². The van der Waals surface area contributed by atoms with Crippen LogP contribution >= 0.6 is 0 Å². The van der Waals surface area contributed by atoms with Crippen LogP contribution in [0.3, 0.4) is 0 Å². The number of carbonyl (C=O) groups is 2. The third kappa shape index (κ3) is 2.73. The maximum absolute atomic E-state index is 12.3. The number of carbonyl (C=O) groups excluding carboxylic acids is 1. The molecule has 110 valence electrons. The fraction of sp³-hybridized carbons (Fsp3) is 0.357. The lowest BCUT2D eigenvalue weighted by molar-refractivity contribution is -0.159. The number of hydrogen-bond acceptors (Lipinski definition) is 5. The van der Waals surface area contributed by atoms with Gasteiger partial charge in [-0.15, -0.1) is 0 Å². The van der Waals surface area contributed by atoms with Gasteiger partial charge in [0.2, 0.25) is 5.91 Å². The van der Waals surface area contributed by atoms with Gasteiger partial charge in [0.25, 0.3) is 0 Å². The van der Waals surface area contributed by atoms with Gasteiger partial charge in [0.15, 0.2) is 11.7 Å². The zero-order valence-electron chi connectivity index (χ0n) is 11.2. The molecule has 1 aliphatic heterocycles. The predicted octanol–water partition coefficient (Wildman–Crippen LogP) is 0.682. The molecule has 7 heteroatoms. The number of carboxylic acid groups (broad SMARTS) is 1. The summed E-state index contributed by atoms with van der Waals surface area (Å²) in [7, 11) is 0. The molecule has 1 aromatic heterocycles. The van der Waals surface area contributed by atoms with Crippen LogP contribution in [-0.4, -0.2) is 52.8 Å². The van der Waals surface area contributed by atoms with E-state index in [1.807, 2.05) is 18.2 Å². The first-order chi connectivity index (χ1) is 10.1. The zero-order valence-corrected chi connectivity index (χ0v) is 11.2. The molecule has 0 radical (unpaired) electrons. The number of para-hydroxylation sites is 1. The van der Waals surface area contributed by atoms with Crippen molar-refractivity contribution in [3.8, 4) is 0 Å². The van der Waals surface area contributed by atoms with Gasteiger partial charge in [-0.3, -0.25) is 4.79 Å². The Morgan fingerprint density at radius 2 is 2.19 bits per heavy atom. The Bertz CT molecular complexity index is 681. The molecule has 1 aromatic carbocycles. The van der Waals surface area contributed by atoms with E-state index in [1.165, 1.54) is 4.90 Å². The second kappa shape index (κ2) is 5.53. The Morgan fingerprint density at radius 3 is 3.00 bits per heavy atom. The van der Waals surface area contributed by atoms with Crippen molar-refractivity contribution in [3.05, 3.63) is 30.0 Å². The molecule has 1 atom stereocenters. The quantitative estimate of drug-likeness (QED) is 0.893. The molecular formula is C14H14N2O5. The number of fused-ring (bicyclic) bond motifs is 1. The van der Waals surface area contributed by atoms with E-state index in [0.29, 0.717) is 17.8 Å². The molecule has 1 fully saturated rings. The van der Waals surface area contributed by atoms with Crippen LogP contribution in [0.5, 0.6) is 0 Å². The Morgan fingerprint density at radius 1 is 1.38 bits per heavy atom. The summed E-state index contributed by atoms with van der Waals surface area (Å²) >= 11 is 0. The van der Waals surface area contributed by atoms with Crippen LogP contribution in [0.4, 0.5) is 0 Å². The van der Waals surface area contributed by atoms with Gasteiger partial charge >= 0.3 is 5.97 Å². The molecular weight excluding hydrogens is 276 g/mol. The highest BCUT2D eigenvalue weighted by atomic mass is 16.5. The van der Waals surface area contributed by atoms with E-state index in [1.54, 1.807) is 6.07 Å². The summed E-state index contributed by atoms with van der Waals surface area (Å²) in [5.41, 5.74) is 1.19. The van der Waals surface area contributed by atoms with Crippen LogP contribution in [0, 0.1) is 0 Å². The van der Waals surface area contributed by atoms with Gasteiger partial charge in [0.1, 0.15) is 5.69 Å². The molecule has 2 aromatic rings. The summed E-state index contributed by atoms with van der Waals surface area (Å²) in [6.07, 6.45) is -0.875. The van der Waals surface area contributed by atoms with Crippen LogP contribution in [0.2, 0.25) is 0 Å². The standard InChI is InChI=1S/C14H14N2O5/c17-13(16-5-6-20-12(8-16)14(18)19)7-10-9-3-1-2-4-11(9)21-15-10/h1-4,12H,5-8H2,(H,18,19)/t12-/m0/s1. The molecule has 21 heavy (non-hydrogen) atoms. The Labute approximate surface area is 120 Å². The van der Waals surface area contributed by atoms with Crippen molar-refractivity contribution < 1.29 is 24.0 Å². The fourth-order valence-electron chi connectivity index (χ4n) is 2.35. The Hall–Kier alpha value is -2.41. The van der Waals surface area contributed by atoms with Gasteiger partial charge in [0, 0.05) is 11.9 Å². The molecule has 0 saturated carbocycles.